The Morgan fingerprint density at radius 2 is 1.09 bits per heavy atom. The van der Waals surface area contributed by atoms with E-state index in [1.807, 2.05) is 0 Å². The van der Waals surface area contributed by atoms with Gasteiger partial charge in [0.1, 0.15) is 4.90 Å². The van der Waals surface area contributed by atoms with Crippen LogP contribution in [-0.2, 0) is 29.9 Å². The lowest BCUT2D eigenvalue weighted by Gasteiger charge is -2.26. The molecule has 2 saturated heterocycles. The molecule has 0 bridgehead atoms. The van der Waals surface area contributed by atoms with E-state index in [9.17, 15) is 25.3 Å². The summed E-state index contributed by atoms with van der Waals surface area (Å²) >= 11 is 6.18. The third-order valence-corrected chi connectivity index (χ3v) is 12.2. The average molecular weight is 547 g/mol. The zero-order chi connectivity index (χ0) is 24.6. The first-order valence-corrected chi connectivity index (χ1v) is 15.9. The van der Waals surface area contributed by atoms with Gasteiger partial charge < -0.3 is 0 Å². The number of halogens is 1. The van der Waals surface area contributed by atoms with Gasteiger partial charge in [-0.25, -0.2) is 25.3 Å². The van der Waals surface area contributed by atoms with E-state index in [0.29, 0.717) is 26.2 Å². The van der Waals surface area contributed by atoms with Gasteiger partial charge in [-0.05, 0) is 62.1 Å². The molecule has 2 aromatic carbocycles. The van der Waals surface area contributed by atoms with Crippen molar-refractivity contribution in [2.75, 3.05) is 26.2 Å². The molecule has 8 nitrogen and oxygen atoms in total. The lowest BCUT2D eigenvalue weighted by atomic mass is 10.2. The monoisotopic (exact) mass is 546 g/mol. The zero-order valence-corrected chi connectivity index (χ0v) is 21.8. The van der Waals surface area contributed by atoms with Crippen LogP contribution in [0.25, 0.3) is 0 Å². The summed E-state index contributed by atoms with van der Waals surface area (Å²) in [6, 6.07) is 8.73. The number of hydrogen-bond donors (Lipinski definition) is 0. The molecule has 0 aliphatic carbocycles. The van der Waals surface area contributed by atoms with Gasteiger partial charge >= 0.3 is 0 Å². The van der Waals surface area contributed by atoms with Crippen LogP contribution in [0.15, 0.2) is 62.0 Å². The fourth-order valence-corrected chi connectivity index (χ4v) is 9.35. The van der Waals surface area contributed by atoms with Crippen LogP contribution in [0.2, 0.25) is 5.02 Å². The molecular formula is C22H27ClN2O6S3. The molecule has 0 unspecified atom stereocenters. The molecule has 34 heavy (non-hydrogen) atoms. The molecule has 2 aromatic rings. The summed E-state index contributed by atoms with van der Waals surface area (Å²) in [4.78, 5) is -0.867. The summed E-state index contributed by atoms with van der Waals surface area (Å²) < 4.78 is 81.8. The third-order valence-electron chi connectivity index (χ3n) is 6.21. The molecule has 0 saturated carbocycles. The Hall–Kier alpha value is -1.50. The number of piperidine rings is 2. The van der Waals surface area contributed by atoms with Crippen molar-refractivity contribution in [1.82, 2.24) is 8.61 Å². The standard InChI is InChI=1S/C22H27ClN2O6S3/c23-21-11-10-19(17-22(21)34(30,31)25-14-5-2-6-15-25)32(26,27)18-8-7-9-20(16-18)33(28,29)24-12-3-1-4-13-24/h7-11,16-17H,1-6,12-15H2. The highest BCUT2D eigenvalue weighted by molar-refractivity contribution is 7.92. The Bertz CT molecular complexity index is 1380. The highest BCUT2D eigenvalue weighted by atomic mass is 35.5. The van der Waals surface area contributed by atoms with Gasteiger partial charge in [0.25, 0.3) is 0 Å². The van der Waals surface area contributed by atoms with E-state index in [1.165, 1.54) is 38.9 Å². The number of hydrogen-bond acceptors (Lipinski definition) is 6. The van der Waals surface area contributed by atoms with Crippen LogP contribution in [0, 0.1) is 0 Å². The maximum absolute atomic E-state index is 13.4. The molecular weight excluding hydrogens is 520 g/mol. The van der Waals surface area contributed by atoms with Crippen LogP contribution in [0.1, 0.15) is 38.5 Å². The second kappa shape index (κ2) is 9.87. The quantitative estimate of drug-likeness (QED) is 0.548. The van der Waals surface area contributed by atoms with E-state index in [-0.39, 0.29) is 24.6 Å². The number of sulfonamides is 2. The fourth-order valence-electron chi connectivity index (χ4n) is 4.29. The Labute approximate surface area is 206 Å². The van der Waals surface area contributed by atoms with Crippen molar-refractivity contribution in [3.05, 3.63) is 47.5 Å². The first-order valence-electron chi connectivity index (χ1n) is 11.2. The molecule has 4 rings (SSSR count). The van der Waals surface area contributed by atoms with Gasteiger partial charge in [-0.3, -0.25) is 0 Å². The summed E-state index contributed by atoms with van der Waals surface area (Å²) in [5, 5.41) is -0.0639. The van der Waals surface area contributed by atoms with Crippen LogP contribution in [0.5, 0.6) is 0 Å². The molecule has 186 valence electrons. The molecule has 0 atom stereocenters. The maximum Gasteiger partial charge on any atom is 0.244 e. The number of rotatable bonds is 6. The van der Waals surface area contributed by atoms with Gasteiger partial charge in [0.05, 0.1) is 19.7 Å². The normalized spacial score (nSPS) is 19.2. The zero-order valence-electron chi connectivity index (χ0n) is 18.6. The SMILES string of the molecule is O=S(=O)(c1cccc(S(=O)(=O)N2CCCCC2)c1)c1ccc(Cl)c(S(=O)(=O)N2CCCCC2)c1. The second-order valence-electron chi connectivity index (χ2n) is 8.50. The molecule has 2 aliphatic heterocycles. The largest absolute Gasteiger partial charge is 0.244 e. The summed E-state index contributed by atoms with van der Waals surface area (Å²) in [6.07, 6.45) is 4.87. The Kier molecular flexibility index (Phi) is 7.42. The van der Waals surface area contributed by atoms with Crippen molar-refractivity contribution in [3.8, 4) is 0 Å². The van der Waals surface area contributed by atoms with Crippen molar-refractivity contribution >= 4 is 41.5 Å². The molecule has 0 amide bonds. The summed E-state index contributed by atoms with van der Waals surface area (Å²) in [5.74, 6) is 0. The van der Waals surface area contributed by atoms with Gasteiger partial charge in [0.15, 0.2) is 0 Å². The van der Waals surface area contributed by atoms with Crippen molar-refractivity contribution < 1.29 is 25.3 Å². The molecule has 2 aliphatic rings. The van der Waals surface area contributed by atoms with Crippen LogP contribution >= 0.6 is 11.6 Å². The molecule has 12 heteroatoms. The number of nitrogens with zero attached hydrogens (tertiary/aromatic N) is 2. The van der Waals surface area contributed by atoms with Gasteiger partial charge in [-0.2, -0.15) is 8.61 Å². The van der Waals surface area contributed by atoms with Gasteiger partial charge in [-0.1, -0.05) is 30.5 Å². The van der Waals surface area contributed by atoms with Gasteiger partial charge in [0, 0.05) is 26.2 Å². The van der Waals surface area contributed by atoms with E-state index in [4.69, 9.17) is 11.6 Å². The van der Waals surface area contributed by atoms with Crippen LogP contribution in [0.4, 0.5) is 0 Å². The summed E-state index contributed by atoms with van der Waals surface area (Å²) in [5.41, 5.74) is 0. The molecule has 2 heterocycles. The molecule has 0 N–H and O–H groups in total. The maximum atomic E-state index is 13.4. The highest BCUT2D eigenvalue weighted by Crippen LogP contribution is 2.32. The Morgan fingerprint density at radius 1 is 0.588 bits per heavy atom. The first kappa shape index (κ1) is 25.6. The minimum atomic E-state index is -4.21. The van der Waals surface area contributed by atoms with E-state index in [2.05, 4.69) is 0 Å². The average Bonchev–Trinajstić information content (AvgIpc) is 2.85. The number of benzene rings is 2. The molecule has 2 fully saturated rings. The summed E-state index contributed by atoms with van der Waals surface area (Å²) in [7, 11) is -12.0. The van der Waals surface area contributed by atoms with Crippen LogP contribution in [0.3, 0.4) is 0 Å². The Balaban J connectivity index is 1.72. The Morgan fingerprint density at radius 3 is 1.68 bits per heavy atom. The number of sulfone groups is 1. The minimum Gasteiger partial charge on any atom is -0.219 e. The van der Waals surface area contributed by atoms with Crippen LogP contribution in [-0.4, -0.2) is 60.0 Å². The highest BCUT2D eigenvalue weighted by Gasteiger charge is 2.31. The van der Waals surface area contributed by atoms with E-state index >= 15 is 0 Å². The lowest BCUT2D eigenvalue weighted by molar-refractivity contribution is 0.346. The second-order valence-corrected chi connectivity index (χ2v) is 14.7. The molecule has 0 spiro atoms. The van der Waals surface area contributed by atoms with Gasteiger partial charge in [0.2, 0.25) is 29.9 Å². The van der Waals surface area contributed by atoms with Crippen LogP contribution < -0.4 is 0 Å². The smallest absolute Gasteiger partial charge is 0.219 e. The molecule has 0 aromatic heterocycles. The van der Waals surface area contributed by atoms with Crippen molar-refractivity contribution in [3.63, 3.8) is 0 Å². The lowest BCUT2D eigenvalue weighted by Crippen LogP contribution is -2.35. The topological polar surface area (TPSA) is 109 Å². The third kappa shape index (κ3) is 4.91. The van der Waals surface area contributed by atoms with Crippen molar-refractivity contribution in [2.45, 2.75) is 58.1 Å². The van der Waals surface area contributed by atoms with Crippen molar-refractivity contribution in [2.24, 2.45) is 0 Å². The predicted octanol–water partition coefficient (Wildman–Crippen LogP) is 3.52. The first-order chi connectivity index (χ1) is 16.0. The summed E-state index contributed by atoms with van der Waals surface area (Å²) in [6.45, 7) is 1.50. The molecule has 0 radical (unpaired) electrons. The fraction of sp³-hybridized carbons (Fsp3) is 0.455. The minimum absolute atomic E-state index is 0.0639. The van der Waals surface area contributed by atoms with Crippen molar-refractivity contribution in [1.29, 1.82) is 0 Å². The van der Waals surface area contributed by atoms with E-state index < -0.39 is 29.9 Å². The van der Waals surface area contributed by atoms with Gasteiger partial charge in [-0.15, -0.1) is 0 Å². The van der Waals surface area contributed by atoms with E-state index in [0.717, 1.165) is 50.7 Å². The predicted molar refractivity (Wildman–Crippen MR) is 129 cm³/mol. The van der Waals surface area contributed by atoms with E-state index in [1.54, 1.807) is 0 Å².